The van der Waals surface area contributed by atoms with E-state index in [1.165, 1.54) is 6.42 Å². The minimum atomic E-state index is 0.341. The lowest BCUT2D eigenvalue weighted by molar-refractivity contribution is 0.220. The van der Waals surface area contributed by atoms with Crippen LogP contribution in [-0.4, -0.2) is 0 Å². The predicted molar refractivity (Wildman–Crippen MR) is 61.6 cm³/mol. The predicted octanol–water partition coefficient (Wildman–Crippen LogP) is 4.70. The Balaban J connectivity index is 4.78. The Morgan fingerprint density at radius 1 is 0.923 bits per heavy atom. The third-order valence-corrected chi connectivity index (χ3v) is 2.72. The molecule has 0 aromatic rings. The molecular weight excluding hydrogens is 156 g/mol. The summed E-state index contributed by atoms with van der Waals surface area (Å²) in [5.74, 6) is 2.43. The van der Waals surface area contributed by atoms with Crippen LogP contribution in [0.5, 0.6) is 0 Å². The molecule has 0 saturated heterocycles. The lowest BCUT2D eigenvalue weighted by Gasteiger charge is -2.44. The molecule has 0 aliphatic rings. The maximum Gasteiger partial charge on any atom is -0.0106 e. The van der Waals surface area contributed by atoms with Gasteiger partial charge in [0.05, 0.1) is 0 Å². The molecule has 0 bridgehead atoms. The summed E-state index contributed by atoms with van der Waals surface area (Å²) < 4.78 is 0. The Labute approximate surface area is 85.1 Å². The topological polar surface area (TPSA) is 0 Å². The standard InChI is InChI=1S/C13H27/c1-9-10(2)11(12(3,4)5)13(6,7)8/h10H,9H2,1-8H3. The summed E-state index contributed by atoms with van der Waals surface area (Å²) in [6.07, 6.45) is 1.25. The first kappa shape index (κ1) is 13.0. The van der Waals surface area contributed by atoms with Gasteiger partial charge in [0.2, 0.25) is 0 Å². The van der Waals surface area contributed by atoms with Crippen LogP contribution in [0, 0.1) is 22.7 Å². The molecule has 0 amide bonds. The largest absolute Gasteiger partial charge is 0.0651 e. The zero-order chi connectivity index (χ0) is 10.9. The first-order chi connectivity index (χ1) is 5.60. The Kier molecular flexibility index (Phi) is 4.02. The molecule has 0 heterocycles. The molecule has 0 aliphatic carbocycles. The molecule has 1 atom stereocenters. The van der Waals surface area contributed by atoms with Crippen molar-refractivity contribution < 1.29 is 0 Å². The summed E-state index contributed by atoms with van der Waals surface area (Å²) >= 11 is 0. The minimum Gasteiger partial charge on any atom is -0.0651 e. The SMILES string of the molecule is CCC(C)[C](C(C)(C)C)C(C)(C)C. The Morgan fingerprint density at radius 2 is 1.23 bits per heavy atom. The summed E-state index contributed by atoms with van der Waals surface area (Å²) in [6.45, 7) is 18.6. The lowest BCUT2D eigenvalue weighted by atomic mass is 9.61. The number of hydrogen-bond donors (Lipinski definition) is 0. The van der Waals surface area contributed by atoms with Gasteiger partial charge in [-0.1, -0.05) is 61.8 Å². The van der Waals surface area contributed by atoms with Crippen LogP contribution in [0.4, 0.5) is 0 Å². The van der Waals surface area contributed by atoms with Gasteiger partial charge in [-0.25, -0.2) is 0 Å². The fraction of sp³-hybridized carbons (Fsp3) is 0.923. The zero-order valence-electron chi connectivity index (χ0n) is 10.8. The van der Waals surface area contributed by atoms with Crippen molar-refractivity contribution in [2.75, 3.05) is 0 Å². The van der Waals surface area contributed by atoms with Crippen LogP contribution in [0.2, 0.25) is 0 Å². The smallest absolute Gasteiger partial charge is 0.0106 e. The fourth-order valence-electron chi connectivity index (χ4n) is 2.81. The molecule has 13 heavy (non-hydrogen) atoms. The molecule has 0 aromatic heterocycles. The average molecular weight is 183 g/mol. The highest BCUT2D eigenvalue weighted by Crippen LogP contribution is 2.47. The van der Waals surface area contributed by atoms with Crippen molar-refractivity contribution in [3.8, 4) is 0 Å². The zero-order valence-corrected chi connectivity index (χ0v) is 10.8. The third-order valence-electron chi connectivity index (χ3n) is 2.72. The van der Waals surface area contributed by atoms with Crippen LogP contribution >= 0.6 is 0 Å². The van der Waals surface area contributed by atoms with Crippen LogP contribution in [0.1, 0.15) is 61.8 Å². The molecule has 0 spiro atoms. The second kappa shape index (κ2) is 4.02. The molecule has 0 rings (SSSR count). The van der Waals surface area contributed by atoms with Crippen molar-refractivity contribution in [3.63, 3.8) is 0 Å². The normalized spacial score (nSPS) is 16.4. The van der Waals surface area contributed by atoms with E-state index in [-0.39, 0.29) is 0 Å². The molecule has 1 unspecified atom stereocenters. The van der Waals surface area contributed by atoms with Crippen molar-refractivity contribution in [1.82, 2.24) is 0 Å². The van der Waals surface area contributed by atoms with E-state index in [1.54, 1.807) is 5.92 Å². The van der Waals surface area contributed by atoms with E-state index in [9.17, 15) is 0 Å². The summed E-state index contributed by atoms with van der Waals surface area (Å²) in [4.78, 5) is 0. The van der Waals surface area contributed by atoms with Crippen molar-refractivity contribution >= 4 is 0 Å². The van der Waals surface area contributed by atoms with Gasteiger partial charge in [-0.15, -0.1) is 0 Å². The molecular formula is C13H27. The first-order valence-electron chi connectivity index (χ1n) is 5.48. The van der Waals surface area contributed by atoms with Crippen LogP contribution in [0.3, 0.4) is 0 Å². The minimum absolute atomic E-state index is 0.341. The highest BCUT2D eigenvalue weighted by atomic mass is 14.4. The number of hydrogen-bond acceptors (Lipinski definition) is 0. The average Bonchev–Trinajstić information content (AvgIpc) is 1.80. The van der Waals surface area contributed by atoms with Crippen molar-refractivity contribution in [2.24, 2.45) is 16.7 Å². The van der Waals surface area contributed by atoms with Gasteiger partial charge in [0.15, 0.2) is 0 Å². The van der Waals surface area contributed by atoms with Gasteiger partial charge in [-0.3, -0.25) is 0 Å². The summed E-state index contributed by atoms with van der Waals surface area (Å²) in [6, 6.07) is 0. The monoisotopic (exact) mass is 183 g/mol. The van der Waals surface area contributed by atoms with Gasteiger partial charge in [0.1, 0.15) is 0 Å². The number of rotatable bonds is 2. The van der Waals surface area contributed by atoms with E-state index in [2.05, 4.69) is 55.4 Å². The fourth-order valence-corrected chi connectivity index (χ4v) is 2.81. The second-order valence-corrected chi connectivity index (χ2v) is 6.22. The van der Waals surface area contributed by atoms with Crippen LogP contribution < -0.4 is 0 Å². The molecule has 0 fully saturated rings. The van der Waals surface area contributed by atoms with Crippen LogP contribution in [0.25, 0.3) is 0 Å². The summed E-state index contributed by atoms with van der Waals surface area (Å²) in [7, 11) is 0. The molecule has 0 aromatic carbocycles. The van der Waals surface area contributed by atoms with Gasteiger partial charge >= 0.3 is 0 Å². The first-order valence-corrected chi connectivity index (χ1v) is 5.48. The molecule has 0 N–H and O–H groups in total. The maximum absolute atomic E-state index is 2.35. The quantitative estimate of drug-likeness (QED) is 0.582. The molecule has 0 heteroatoms. The van der Waals surface area contributed by atoms with E-state index in [4.69, 9.17) is 0 Å². The second-order valence-electron chi connectivity index (χ2n) is 6.22. The highest BCUT2D eigenvalue weighted by Gasteiger charge is 2.38. The highest BCUT2D eigenvalue weighted by molar-refractivity contribution is 5.11. The van der Waals surface area contributed by atoms with E-state index in [0.29, 0.717) is 10.8 Å². The maximum atomic E-state index is 2.35. The van der Waals surface area contributed by atoms with Crippen LogP contribution in [0.15, 0.2) is 0 Å². The van der Waals surface area contributed by atoms with Gasteiger partial charge in [0, 0.05) is 0 Å². The van der Waals surface area contributed by atoms with Crippen molar-refractivity contribution in [1.29, 1.82) is 0 Å². The van der Waals surface area contributed by atoms with Crippen molar-refractivity contribution in [3.05, 3.63) is 5.92 Å². The molecule has 0 aliphatic heterocycles. The van der Waals surface area contributed by atoms with Crippen molar-refractivity contribution in [2.45, 2.75) is 61.8 Å². The third kappa shape index (κ3) is 3.70. The molecule has 0 saturated carbocycles. The molecule has 0 nitrogen and oxygen atoms in total. The Morgan fingerprint density at radius 3 is 1.31 bits per heavy atom. The van der Waals surface area contributed by atoms with E-state index < -0.39 is 0 Å². The van der Waals surface area contributed by atoms with Crippen LogP contribution in [-0.2, 0) is 0 Å². The summed E-state index contributed by atoms with van der Waals surface area (Å²) in [5.41, 5.74) is 0.682. The van der Waals surface area contributed by atoms with E-state index in [1.807, 2.05) is 0 Å². The van der Waals surface area contributed by atoms with Gasteiger partial charge < -0.3 is 0 Å². The Bertz CT molecular complexity index is 128. The lowest BCUT2D eigenvalue weighted by Crippen LogP contribution is -2.35. The van der Waals surface area contributed by atoms with Gasteiger partial charge in [-0.05, 0) is 22.7 Å². The Hall–Kier alpha value is 0. The molecule has 79 valence electrons. The summed E-state index contributed by atoms with van der Waals surface area (Å²) in [5, 5.41) is 0. The van der Waals surface area contributed by atoms with E-state index in [0.717, 1.165) is 5.92 Å². The molecule has 1 radical (unpaired) electrons. The van der Waals surface area contributed by atoms with Gasteiger partial charge in [-0.2, -0.15) is 0 Å². The van der Waals surface area contributed by atoms with Gasteiger partial charge in [0.25, 0.3) is 0 Å². The van der Waals surface area contributed by atoms with E-state index >= 15 is 0 Å².